The van der Waals surface area contributed by atoms with Crippen molar-refractivity contribution in [3.8, 4) is 0 Å². The molecule has 0 fully saturated rings. The molecule has 0 aliphatic carbocycles. The van der Waals surface area contributed by atoms with Crippen LogP contribution in [0.5, 0.6) is 0 Å². The van der Waals surface area contributed by atoms with Crippen molar-refractivity contribution in [2.45, 2.75) is 40.2 Å². The summed E-state index contributed by atoms with van der Waals surface area (Å²) < 4.78 is 23.7. The molecular weight excluding hydrogens is 258 g/mol. The van der Waals surface area contributed by atoms with E-state index in [1.54, 1.807) is 6.92 Å². The highest BCUT2D eigenvalue weighted by atomic mass is 32.2. The summed E-state index contributed by atoms with van der Waals surface area (Å²) in [5.41, 5.74) is 3.50. The van der Waals surface area contributed by atoms with E-state index in [0.29, 0.717) is 0 Å². The van der Waals surface area contributed by atoms with Crippen LogP contribution < -0.4 is 5.32 Å². The number of sulfone groups is 1. The largest absolute Gasteiger partial charge is 0.309 e. The van der Waals surface area contributed by atoms with Crippen LogP contribution in [0.25, 0.3) is 0 Å². The van der Waals surface area contributed by atoms with Gasteiger partial charge in [0, 0.05) is 11.8 Å². The average molecular weight is 283 g/mol. The summed E-state index contributed by atoms with van der Waals surface area (Å²) >= 11 is 0. The van der Waals surface area contributed by atoms with Crippen molar-refractivity contribution in [1.82, 2.24) is 5.32 Å². The molecule has 0 heterocycles. The lowest BCUT2D eigenvalue weighted by atomic mass is 10.0. The van der Waals surface area contributed by atoms with E-state index in [4.69, 9.17) is 0 Å². The van der Waals surface area contributed by atoms with E-state index in [9.17, 15) is 8.42 Å². The maximum absolute atomic E-state index is 11.9. The van der Waals surface area contributed by atoms with E-state index < -0.39 is 9.84 Å². The fourth-order valence-electron chi connectivity index (χ4n) is 1.94. The Labute approximate surface area is 117 Å². The Morgan fingerprint density at radius 3 is 2.37 bits per heavy atom. The Balaban J connectivity index is 2.98. The second kappa shape index (κ2) is 7.06. The second-order valence-electron chi connectivity index (χ2n) is 5.05. The van der Waals surface area contributed by atoms with Gasteiger partial charge in [-0.25, -0.2) is 8.42 Å². The van der Waals surface area contributed by atoms with Gasteiger partial charge in [0.05, 0.1) is 5.75 Å². The summed E-state index contributed by atoms with van der Waals surface area (Å²) in [5, 5.41) is 3.34. The third kappa shape index (κ3) is 4.96. The molecule has 0 spiro atoms. The van der Waals surface area contributed by atoms with E-state index >= 15 is 0 Å². The predicted molar refractivity (Wildman–Crippen MR) is 81.3 cm³/mol. The first kappa shape index (κ1) is 16.2. The molecule has 3 nitrogen and oxygen atoms in total. The first-order chi connectivity index (χ1) is 8.89. The Hall–Kier alpha value is -0.870. The SMILES string of the molecule is CCCNC(CS(=O)(=O)CC)c1ccc(C)c(C)c1. The van der Waals surface area contributed by atoms with Gasteiger partial charge in [0.1, 0.15) is 0 Å². The topological polar surface area (TPSA) is 46.2 Å². The van der Waals surface area contributed by atoms with Gasteiger partial charge in [-0.05, 0) is 43.5 Å². The molecule has 4 heteroatoms. The van der Waals surface area contributed by atoms with Crippen molar-refractivity contribution in [3.05, 3.63) is 34.9 Å². The van der Waals surface area contributed by atoms with Gasteiger partial charge in [0.25, 0.3) is 0 Å². The highest BCUT2D eigenvalue weighted by Crippen LogP contribution is 2.19. The van der Waals surface area contributed by atoms with Crippen LogP contribution in [0.15, 0.2) is 18.2 Å². The highest BCUT2D eigenvalue weighted by Gasteiger charge is 2.19. The van der Waals surface area contributed by atoms with Crippen LogP contribution >= 0.6 is 0 Å². The molecule has 0 saturated heterocycles. The molecule has 1 aromatic rings. The summed E-state index contributed by atoms with van der Waals surface area (Å²) in [6, 6.07) is 6.07. The van der Waals surface area contributed by atoms with Gasteiger partial charge in [-0.2, -0.15) is 0 Å². The minimum atomic E-state index is -2.98. The Morgan fingerprint density at radius 2 is 1.84 bits per heavy atom. The van der Waals surface area contributed by atoms with Crippen molar-refractivity contribution < 1.29 is 8.42 Å². The molecule has 0 aromatic heterocycles. The number of hydrogen-bond donors (Lipinski definition) is 1. The minimum Gasteiger partial charge on any atom is -0.309 e. The quantitative estimate of drug-likeness (QED) is 0.837. The second-order valence-corrected chi connectivity index (χ2v) is 7.45. The van der Waals surface area contributed by atoms with Crippen LogP contribution in [-0.4, -0.2) is 26.5 Å². The summed E-state index contributed by atoms with van der Waals surface area (Å²) in [4.78, 5) is 0. The lowest BCUT2D eigenvalue weighted by Crippen LogP contribution is -2.29. The molecule has 0 saturated carbocycles. The van der Waals surface area contributed by atoms with Crippen LogP contribution in [0.4, 0.5) is 0 Å². The maximum Gasteiger partial charge on any atom is 0.151 e. The highest BCUT2D eigenvalue weighted by molar-refractivity contribution is 7.91. The summed E-state index contributed by atoms with van der Waals surface area (Å²) in [7, 11) is -2.98. The smallest absolute Gasteiger partial charge is 0.151 e. The Bertz CT molecular complexity index is 509. The lowest BCUT2D eigenvalue weighted by Gasteiger charge is -2.19. The molecule has 19 heavy (non-hydrogen) atoms. The van der Waals surface area contributed by atoms with Crippen molar-refractivity contribution in [1.29, 1.82) is 0 Å². The molecule has 1 aromatic carbocycles. The zero-order valence-corrected chi connectivity index (χ0v) is 13.2. The molecule has 0 radical (unpaired) electrons. The van der Waals surface area contributed by atoms with Crippen LogP contribution in [0.1, 0.15) is 43.0 Å². The molecule has 1 rings (SSSR count). The van der Waals surface area contributed by atoms with Gasteiger partial charge in [0.2, 0.25) is 0 Å². The summed E-state index contributed by atoms with van der Waals surface area (Å²) in [6.45, 7) is 8.74. The first-order valence-corrected chi connectivity index (χ1v) is 8.72. The molecule has 1 unspecified atom stereocenters. The standard InChI is InChI=1S/C15H25NO2S/c1-5-9-16-15(11-19(17,18)6-2)14-8-7-12(3)13(4)10-14/h7-8,10,15-16H,5-6,9,11H2,1-4H3. The third-order valence-corrected chi connectivity index (χ3v) is 5.16. The van der Waals surface area contributed by atoms with E-state index in [0.717, 1.165) is 18.5 Å². The number of benzene rings is 1. The monoisotopic (exact) mass is 283 g/mol. The van der Waals surface area contributed by atoms with Gasteiger partial charge < -0.3 is 5.32 Å². The maximum atomic E-state index is 11.9. The fourth-order valence-corrected chi connectivity index (χ4v) is 3.00. The molecular formula is C15H25NO2S. The third-order valence-electron chi connectivity index (χ3n) is 3.43. The normalized spacial score (nSPS) is 13.5. The van der Waals surface area contributed by atoms with Crippen LogP contribution in [-0.2, 0) is 9.84 Å². The van der Waals surface area contributed by atoms with Crippen LogP contribution in [0.2, 0.25) is 0 Å². The number of aryl methyl sites for hydroxylation is 2. The van der Waals surface area contributed by atoms with E-state index in [-0.39, 0.29) is 17.5 Å². The molecule has 0 aliphatic heterocycles. The summed E-state index contributed by atoms with van der Waals surface area (Å²) in [6.07, 6.45) is 0.994. The first-order valence-electron chi connectivity index (χ1n) is 6.90. The van der Waals surface area contributed by atoms with Crippen molar-refractivity contribution in [2.24, 2.45) is 0 Å². The van der Waals surface area contributed by atoms with Gasteiger partial charge >= 0.3 is 0 Å². The average Bonchev–Trinajstić information content (AvgIpc) is 2.38. The van der Waals surface area contributed by atoms with E-state index in [1.165, 1.54) is 11.1 Å². The Morgan fingerprint density at radius 1 is 1.16 bits per heavy atom. The fraction of sp³-hybridized carbons (Fsp3) is 0.600. The van der Waals surface area contributed by atoms with Gasteiger partial charge in [-0.1, -0.05) is 32.0 Å². The van der Waals surface area contributed by atoms with E-state index in [2.05, 4.69) is 38.2 Å². The van der Waals surface area contributed by atoms with Crippen molar-refractivity contribution in [2.75, 3.05) is 18.1 Å². The molecule has 0 aliphatic rings. The van der Waals surface area contributed by atoms with Gasteiger partial charge in [-0.15, -0.1) is 0 Å². The lowest BCUT2D eigenvalue weighted by molar-refractivity contribution is 0.547. The zero-order valence-electron chi connectivity index (χ0n) is 12.4. The minimum absolute atomic E-state index is 0.107. The number of nitrogens with one attached hydrogen (secondary N) is 1. The molecule has 0 bridgehead atoms. The summed E-state index contributed by atoms with van der Waals surface area (Å²) in [5.74, 6) is 0.369. The zero-order chi connectivity index (χ0) is 14.5. The van der Waals surface area contributed by atoms with Gasteiger partial charge in [-0.3, -0.25) is 0 Å². The van der Waals surface area contributed by atoms with Crippen molar-refractivity contribution >= 4 is 9.84 Å². The molecule has 108 valence electrons. The Kier molecular flexibility index (Phi) is 6.01. The van der Waals surface area contributed by atoms with E-state index in [1.807, 2.05) is 6.07 Å². The van der Waals surface area contributed by atoms with Crippen molar-refractivity contribution in [3.63, 3.8) is 0 Å². The molecule has 0 amide bonds. The number of rotatable bonds is 7. The van der Waals surface area contributed by atoms with Gasteiger partial charge in [0.15, 0.2) is 9.84 Å². The van der Waals surface area contributed by atoms with Crippen LogP contribution in [0.3, 0.4) is 0 Å². The molecule has 1 N–H and O–H groups in total. The predicted octanol–water partition coefficient (Wildman–Crippen LogP) is 2.78. The van der Waals surface area contributed by atoms with Crippen LogP contribution in [0, 0.1) is 13.8 Å². The number of hydrogen-bond acceptors (Lipinski definition) is 3. The molecule has 1 atom stereocenters.